The van der Waals surface area contributed by atoms with Gasteiger partial charge in [0.05, 0.1) is 5.02 Å². The molecule has 0 amide bonds. The molecule has 1 rings (SSSR count). The summed E-state index contributed by atoms with van der Waals surface area (Å²) in [6.07, 6.45) is 1.21. The lowest BCUT2D eigenvalue weighted by Gasteiger charge is -2.07. The van der Waals surface area contributed by atoms with Crippen molar-refractivity contribution in [3.8, 4) is 5.75 Å². The molecule has 88 valence electrons. The van der Waals surface area contributed by atoms with Crippen LogP contribution in [0.25, 0.3) is 0 Å². The Morgan fingerprint density at radius 2 is 2.06 bits per heavy atom. The Labute approximate surface area is 106 Å². The van der Waals surface area contributed by atoms with Gasteiger partial charge in [0.1, 0.15) is 5.75 Å². The highest BCUT2D eigenvalue weighted by atomic mass is 35.5. The van der Waals surface area contributed by atoms with Gasteiger partial charge in [-0.05, 0) is 30.5 Å². The minimum absolute atomic E-state index is 0.266. The van der Waals surface area contributed by atoms with Crippen LogP contribution >= 0.6 is 23.2 Å². The summed E-state index contributed by atoms with van der Waals surface area (Å²) in [5.74, 6) is 0.575. The standard InChI is InChI=1S/C12H14Cl2O2/c1-8(2)3-6-12(15)16-11-5-4-9(13)7-10(11)14/h4-5,7-8H,3,6H2,1-2H3. The molecule has 0 unspecified atom stereocenters. The van der Waals surface area contributed by atoms with Gasteiger partial charge in [-0.3, -0.25) is 4.79 Å². The van der Waals surface area contributed by atoms with E-state index >= 15 is 0 Å². The van der Waals surface area contributed by atoms with Gasteiger partial charge in [-0.15, -0.1) is 0 Å². The summed E-state index contributed by atoms with van der Waals surface area (Å²) >= 11 is 11.6. The van der Waals surface area contributed by atoms with E-state index in [0.29, 0.717) is 28.1 Å². The van der Waals surface area contributed by atoms with Crippen molar-refractivity contribution in [2.45, 2.75) is 26.7 Å². The van der Waals surface area contributed by atoms with E-state index in [9.17, 15) is 4.79 Å². The summed E-state index contributed by atoms with van der Waals surface area (Å²) in [6.45, 7) is 4.12. The summed E-state index contributed by atoms with van der Waals surface area (Å²) < 4.78 is 5.12. The van der Waals surface area contributed by atoms with Crippen LogP contribution in [-0.2, 0) is 4.79 Å². The molecule has 0 radical (unpaired) electrons. The van der Waals surface area contributed by atoms with Gasteiger partial charge in [-0.1, -0.05) is 37.0 Å². The number of carbonyl (C=O) groups excluding carboxylic acids is 1. The molecule has 0 heterocycles. The molecule has 0 aromatic heterocycles. The first-order chi connectivity index (χ1) is 7.49. The van der Waals surface area contributed by atoms with Gasteiger partial charge in [-0.2, -0.15) is 0 Å². The summed E-state index contributed by atoms with van der Waals surface area (Å²) in [5, 5.41) is 0.873. The van der Waals surface area contributed by atoms with Crippen molar-refractivity contribution in [3.63, 3.8) is 0 Å². The van der Waals surface area contributed by atoms with E-state index in [1.54, 1.807) is 18.2 Å². The van der Waals surface area contributed by atoms with Gasteiger partial charge in [-0.25, -0.2) is 0 Å². The van der Waals surface area contributed by atoms with Crippen LogP contribution < -0.4 is 4.74 Å². The lowest BCUT2D eigenvalue weighted by atomic mass is 10.1. The predicted molar refractivity (Wildman–Crippen MR) is 66.2 cm³/mol. The summed E-state index contributed by atoms with van der Waals surface area (Å²) in [6, 6.07) is 4.78. The Balaban J connectivity index is 2.56. The SMILES string of the molecule is CC(C)CCC(=O)Oc1ccc(Cl)cc1Cl. The van der Waals surface area contributed by atoms with Crippen molar-refractivity contribution in [1.82, 2.24) is 0 Å². The lowest BCUT2D eigenvalue weighted by molar-refractivity contribution is -0.134. The van der Waals surface area contributed by atoms with Crippen LogP contribution in [0.3, 0.4) is 0 Å². The third kappa shape index (κ3) is 4.42. The van der Waals surface area contributed by atoms with Gasteiger partial charge in [0.25, 0.3) is 0 Å². The molecular weight excluding hydrogens is 247 g/mol. The third-order valence-electron chi connectivity index (χ3n) is 2.04. The smallest absolute Gasteiger partial charge is 0.311 e. The zero-order valence-electron chi connectivity index (χ0n) is 9.30. The van der Waals surface area contributed by atoms with Crippen LogP contribution in [0.4, 0.5) is 0 Å². The monoisotopic (exact) mass is 260 g/mol. The third-order valence-corrected chi connectivity index (χ3v) is 2.57. The van der Waals surface area contributed by atoms with Crippen molar-refractivity contribution in [1.29, 1.82) is 0 Å². The van der Waals surface area contributed by atoms with E-state index in [1.807, 2.05) is 0 Å². The molecule has 0 bridgehead atoms. The summed E-state index contributed by atoms with van der Waals surface area (Å²) in [5.41, 5.74) is 0. The van der Waals surface area contributed by atoms with Gasteiger partial charge in [0.15, 0.2) is 0 Å². The fourth-order valence-electron chi connectivity index (χ4n) is 1.14. The van der Waals surface area contributed by atoms with Crippen LogP contribution in [0.15, 0.2) is 18.2 Å². The highest BCUT2D eigenvalue weighted by Gasteiger charge is 2.09. The topological polar surface area (TPSA) is 26.3 Å². The maximum Gasteiger partial charge on any atom is 0.311 e. The van der Waals surface area contributed by atoms with Gasteiger partial charge >= 0.3 is 5.97 Å². The van der Waals surface area contributed by atoms with E-state index in [0.717, 1.165) is 6.42 Å². The van der Waals surface area contributed by atoms with Crippen LogP contribution in [0.2, 0.25) is 10.0 Å². The minimum Gasteiger partial charge on any atom is -0.425 e. The number of hydrogen-bond acceptors (Lipinski definition) is 2. The first kappa shape index (κ1) is 13.3. The molecule has 4 heteroatoms. The fraction of sp³-hybridized carbons (Fsp3) is 0.417. The van der Waals surface area contributed by atoms with Crippen molar-refractivity contribution in [2.75, 3.05) is 0 Å². The number of hydrogen-bond donors (Lipinski definition) is 0. The molecule has 0 saturated carbocycles. The van der Waals surface area contributed by atoms with E-state index < -0.39 is 0 Å². The first-order valence-corrected chi connectivity index (χ1v) is 5.90. The van der Waals surface area contributed by atoms with Crippen molar-refractivity contribution in [2.24, 2.45) is 5.92 Å². The Bertz CT molecular complexity index is 375. The van der Waals surface area contributed by atoms with Gasteiger partial charge in [0, 0.05) is 11.4 Å². The average molecular weight is 261 g/mol. The van der Waals surface area contributed by atoms with Gasteiger partial charge in [0.2, 0.25) is 0 Å². The Hall–Kier alpha value is -0.730. The summed E-state index contributed by atoms with van der Waals surface area (Å²) in [7, 11) is 0. The van der Waals surface area contributed by atoms with E-state index in [4.69, 9.17) is 27.9 Å². The molecule has 0 aliphatic rings. The maximum atomic E-state index is 11.4. The maximum absolute atomic E-state index is 11.4. The molecule has 2 nitrogen and oxygen atoms in total. The molecule has 16 heavy (non-hydrogen) atoms. The number of halogens is 2. The molecule has 0 aliphatic heterocycles. The number of carbonyl (C=O) groups is 1. The number of rotatable bonds is 4. The molecule has 0 atom stereocenters. The Kier molecular flexibility index (Phi) is 5.10. The van der Waals surface area contributed by atoms with Gasteiger partial charge < -0.3 is 4.74 Å². The van der Waals surface area contributed by atoms with Crippen molar-refractivity contribution < 1.29 is 9.53 Å². The van der Waals surface area contributed by atoms with Crippen LogP contribution in [-0.4, -0.2) is 5.97 Å². The first-order valence-electron chi connectivity index (χ1n) is 5.14. The lowest BCUT2D eigenvalue weighted by Crippen LogP contribution is -2.09. The Morgan fingerprint density at radius 1 is 1.38 bits per heavy atom. The minimum atomic E-state index is -0.266. The van der Waals surface area contributed by atoms with Crippen molar-refractivity contribution in [3.05, 3.63) is 28.2 Å². The zero-order valence-corrected chi connectivity index (χ0v) is 10.8. The normalized spacial score (nSPS) is 10.6. The second-order valence-corrected chi connectivity index (χ2v) is 4.82. The molecule has 0 saturated heterocycles. The molecule has 0 aliphatic carbocycles. The quantitative estimate of drug-likeness (QED) is 0.595. The average Bonchev–Trinajstić information content (AvgIpc) is 2.19. The molecule has 0 fully saturated rings. The molecule has 1 aromatic carbocycles. The van der Waals surface area contributed by atoms with Crippen LogP contribution in [0.1, 0.15) is 26.7 Å². The van der Waals surface area contributed by atoms with Crippen molar-refractivity contribution >= 4 is 29.2 Å². The van der Waals surface area contributed by atoms with Crippen LogP contribution in [0.5, 0.6) is 5.75 Å². The fourth-order valence-corrected chi connectivity index (χ4v) is 1.59. The van der Waals surface area contributed by atoms with E-state index in [-0.39, 0.29) is 5.97 Å². The Morgan fingerprint density at radius 3 is 2.62 bits per heavy atom. The zero-order chi connectivity index (χ0) is 12.1. The van der Waals surface area contributed by atoms with Crippen LogP contribution in [0, 0.1) is 5.92 Å². The number of ether oxygens (including phenoxy) is 1. The molecule has 0 N–H and O–H groups in total. The van der Waals surface area contributed by atoms with E-state index in [1.165, 1.54) is 0 Å². The molecule has 0 spiro atoms. The second kappa shape index (κ2) is 6.12. The largest absolute Gasteiger partial charge is 0.425 e. The predicted octanol–water partition coefficient (Wildman–Crippen LogP) is 4.34. The molecule has 1 aromatic rings. The number of benzene rings is 1. The molecular formula is C12H14Cl2O2. The highest BCUT2D eigenvalue weighted by Crippen LogP contribution is 2.27. The highest BCUT2D eigenvalue weighted by molar-refractivity contribution is 6.35. The van der Waals surface area contributed by atoms with E-state index in [2.05, 4.69) is 13.8 Å². The summed E-state index contributed by atoms with van der Waals surface area (Å²) in [4.78, 5) is 11.4. The number of esters is 1. The second-order valence-electron chi connectivity index (χ2n) is 3.98.